The first kappa shape index (κ1) is 31.1. The van der Waals surface area contributed by atoms with Gasteiger partial charge in [0.15, 0.2) is 0 Å². The van der Waals surface area contributed by atoms with Crippen LogP contribution in [0.3, 0.4) is 0 Å². The number of carbonyl (C=O) groups excluding carboxylic acids is 2. The maximum atomic E-state index is 12.2. The van der Waals surface area contributed by atoms with E-state index in [1.54, 1.807) is 24.3 Å². The summed E-state index contributed by atoms with van der Waals surface area (Å²) in [6.45, 7) is 11.2. The number of ether oxygens (including phenoxy) is 2. The van der Waals surface area contributed by atoms with Crippen molar-refractivity contribution in [2.24, 2.45) is 0 Å². The zero-order valence-electron chi connectivity index (χ0n) is 25.7. The molecule has 0 aliphatic carbocycles. The van der Waals surface area contributed by atoms with Crippen molar-refractivity contribution in [2.45, 2.75) is 64.3 Å². The number of hydrogen-bond acceptors (Lipinski definition) is 8. The molecule has 2 atom stereocenters. The molecular weight excluding hydrogens is 560 g/mol. The largest absolute Gasteiger partial charge is 0.418 e. The van der Waals surface area contributed by atoms with E-state index in [1.807, 2.05) is 126 Å². The summed E-state index contributed by atoms with van der Waals surface area (Å²) in [7, 11) is 0. The smallest absolute Gasteiger partial charge is 0.341 e. The molecule has 228 valence electrons. The maximum absolute atomic E-state index is 12.2. The Kier molecular flexibility index (Phi) is 8.46. The van der Waals surface area contributed by atoms with E-state index in [0.29, 0.717) is 33.4 Å². The van der Waals surface area contributed by atoms with Gasteiger partial charge in [-0.05, 0) is 53.7 Å². The molecule has 6 rings (SSSR count). The highest BCUT2D eigenvalue weighted by atomic mass is 17.2. The molecule has 0 fully saturated rings. The quantitative estimate of drug-likeness (QED) is 0.128. The lowest BCUT2D eigenvalue weighted by atomic mass is 9.96. The van der Waals surface area contributed by atoms with Crippen LogP contribution in [0.1, 0.15) is 84.5 Å². The minimum Gasteiger partial charge on any atom is -0.418 e. The van der Waals surface area contributed by atoms with E-state index < -0.39 is 34.7 Å². The van der Waals surface area contributed by atoms with Gasteiger partial charge in [0.05, 0.1) is 22.3 Å². The molecule has 44 heavy (non-hydrogen) atoms. The lowest BCUT2D eigenvalue weighted by molar-refractivity contribution is -0.440. The summed E-state index contributed by atoms with van der Waals surface area (Å²) in [5.74, 6) is -3.58. The number of fused-ring (bicyclic) bond motifs is 2. The van der Waals surface area contributed by atoms with Gasteiger partial charge >= 0.3 is 11.9 Å². The van der Waals surface area contributed by atoms with E-state index in [4.69, 9.17) is 29.0 Å². The molecule has 2 aliphatic heterocycles. The Morgan fingerprint density at radius 2 is 0.795 bits per heavy atom. The van der Waals surface area contributed by atoms with E-state index in [1.165, 1.54) is 0 Å². The van der Waals surface area contributed by atoms with Crippen molar-refractivity contribution in [3.8, 4) is 0 Å². The van der Waals surface area contributed by atoms with Gasteiger partial charge in [0.1, 0.15) is 0 Å². The molecule has 2 aliphatic rings. The van der Waals surface area contributed by atoms with Crippen molar-refractivity contribution in [1.82, 2.24) is 0 Å². The van der Waals surface area contributed by atoms with Gasteiger partial charge < -0.3 is 9.47 Å². The zero-order valence-corrected chi connectivity index (χ0v) is 25.7. The summed E-state index contributed by atoms with van der Waals surface area (Å²) in [5.41, 5.74) is 2.62. The van der Waals surface area contributed by atoms with Crippen molar-refractivity contribution in [2.75, 3.05) is 0 Å². The van der Waals surface area contributed by atoms with Crippen LogP contribution in [0.15, 0.2) is 109 Å². The molecule has 0 N–H and O–H groups in total. The SMILES string of the molecule is CC(C)(C)OOC1(c2ccccc2)OC(=O)c2ccccc21.CC(C)(C)OOC1(c2ccccc2)OC(=O)c2ccccc21. The predicted molar refractivity (Wildman–Crippen MR) is 162 cm³/mol. The summed E-state index contributed by atoms with van der Waals surface area (Å²) < 4.78 is 11.2. The molecule has 0 amide bonds. The van der Waals surface area contributed by atoms with Crippen LogP contribution in [0.4, 0.5) is 0 Å². The second kappa shape index (κ2) is 12.0. The summed E-state index contributed by atoms with van der Waals surface area (Å²) in [4.78, 5) is 46.8. The van der Waals surface area contributed by atoms with Crippen LogP contribution in [0, 0.1) is 0 Å². The normalized spacial score (nSPS) is 20.6. The van der Waals surface area contributed by atoms with E-state index in [2.05, 4.69) is 0 Å². The number of esters is 2. The second-order valence-electron chi connectivity index (χ2n) is 12.4. The lowest BCUT2D eigenvalue weighted by Gasteiger charge is -2.31. The van der Waals surface area contributed by atoms with Crippen molar-refractivity contribution in [1.29, 1.82) is 0 Å². The summed E-state index contributed by atoms with van der Waals surface area (Å²) >= 11 is 0. The first-order valence-corrected chi connectivity index (χ1v) is 14.4. The van der Waals surface area contributed by atoms with Gasteiger partial charge in [0.25, 0.3) is 11.6 Å². The first-order chi connectivity index (χ1) is 20.8. The van der Waals surface area contributed by atoms with Gasteiger partial charge in [-0.3, -0.25) is 0 Å². The number of cyclic esters (lactones) is 2. The van der Waals surface area contributed by atoms with Gasteiger partial charge in [-0.25, -0.2) is 19.4 Å². The van der Waals surface area contributed by atoms with Crippen LogP contribution in [0.2, 0.25) is 0 Å². The standard InChI is InChI=1S/2C18H18O4/c2*1-17(2,3)21-22-18(13-9-5-4-6-10-13)15-12-8-7-11-14(15)16(19)20-18/h2*4-12H,1-3H3. The maximum Gasteiger partial charge on any atom is 0.341 e. The summed E-state index contributed by atoms with van der Waals surface area (Å²) in [5, 5.41) is 0. The van der Waals surface area contributed by atoms with Crippen LogP contribution in [0.5, 0.6) is 0 Å². The number of carbonyl (C=O) groups is 2. The molecule has 2 heterocycles. The lowest BCUT2D eigenvalue weighted by Crippen LogP contribution is -2.35. The molecule has 0 saturated carbocycles. The molecule has 4 aromatic carbocycles. The number of hydrogen-bond donors (Lipinski definition) is 0. The Bertz CT molecular complexity index is 1500. The zero-order chi connectivity index (χ0) is 31.6. The Balaban J connectivity index is 0.000000175. The minimum atomic E-state index is -1.37. The number of rotatable bonds is 6. The fraction of sp³-hybridized carbons (Fsp3) is 0.278. The Morgan fingerprint density at radius 3 is 1.14 bits per heavy atom. The molecular formula is C36H36O8. The molecule has 0 bridgehead atoms. The van der Waals surface area contributed by atoms with Crippen LogP contribution in [0.25, 0.3) is 0 Å². The average molecular weight is 597 g/mol. The van der Waals surface area contributed by atoms with Crippen molar-refractivity contribution >= 4 is 11.9 Å². The van der Waals surface area contributed by atoms with Crippen molar-refractivity contribution < 1.29 is 38.6 Å². The van der Waals surface area contributed by atoms with Crippen LogP contribution >= 0.6 is 0 Å². The monoisotopic (exact) mass is 596 g/mol. The molecule has 0 radical (unpaired) electrons. The highest BCUT2D eigenvalue weighted by Crippen LogP contribution is 2.45. The summed E-state index contributed by atoms with van der Waals surface area (Å²) in [6, 6.07) is 33.0. The topological polar surface area (TPSA) is 89.5 Å². The van der Waals surface area contributed by atoms with Crippen LogP contribution in [-0.4, -0.2) is 23.1 Å². The number of benzene rings is 4. The summed E-state index contributed by atoms with van der Waals surface area (Å²) in [6.07, 6.45) is 0. The Hall–Kier alpha value is -4.34. The third-order valence-electron chi connectivity index (χ3n) is 6.60. The minimum absolute atomic E-state index is 0.419. The van der Waals surface area contributed by atoms with Gasteiger partial charge in [-0.15, -0.1) is 0 Å². The molecule has 8 nitrogen and oxygen atoms in total. The van der Waals surface area contributed by atoms with Gasteiger partial charge in [-0.1, -0.05) is 97.1 Å². The molecule has 0 saturated heterocycles. The van der Waals surface area contributed by atoms with E-state index in [-0.39, 0.29) is 0 Å². The Labute approximate surface area is 257 Å². The third-order valence-corrected chi connectivity index (χ3v) is 6.60. The molecule has 2 unspecified atom stereocenters. The van der Waals surface area contributed by atoms with Crippen LogP contribution < -0.4 is 0 Å². The molecule has 0 spiro atoms. The van der Waals surface area contributed by atoms with E-state index >= 15 is 0 Å². The Morgan fingerprint density at radius 1 is 0.477 bits per heavy atom. The molecule has 8 heteroatoms. The third kappa shape index (κ3) is 6.30. The van der Waals surface area contributed by atoms with Gasteiger partial charge in [-0.2, -0.15) is 9.78 Å². The highest BCUT2D eigenvalue weighted by Gasteiger charge is 2.51. The highest BCUT2D eigenvalue weighted by molar-refractivity contribution is 5.95. The first-order valence-electron chi connectivity index (χ1n) is 14.4. The van der Waals surface area contributed by atoms with E-state index in [9.17, 15) is 9.59 Å². The van der Waals surface area contributed by atoms with Gasteiger partial charge in [0.2, 0.25) is 0 Å². The van der Waals surface area contributed by atoms with E-state index in [0.717, 1.165) is 0 Å². The van der Waals surface area contributed by atoms with Crippen molar-refractivity contribution in [3.63, 3.8) is 0 Å². The fourth-order valence-corrected chi connectivity index (χ4v) is 4.71. The molecule has 0 aromatic heterocycles. The fourth-order valence-electron chi connectivity index (χ4n) is 4.71. The predicted octanol–water partition coefficient (Wildman–Crippen LogP) is 7.61. The van der Waals surface area contributed by atoms with Crippen LogP contribution in [-0.2, 0) is 40.6 Å². The van der Waals surface area contributed by atoms with Crippen molar-refractivity contribution in [3.05, 3.63) is 143 Å². The molecule has 4 aromatic rings. The average Bonchev–Trinajstić information content (AvgIpc) is 3.48. The second-order valence-corrected chi connectivity index (χ2v) is 12.4. The van der Waals surface area contributed by atoms with Gasteiger partial charge in [0, 0.05) is 22.3 Å².